The van der Waals surface area contributed by atoms with Gasteiger partial charge in [-0.15, -0.1) is 11.3 Å². The number of likely N-dealkylation sites (N-methyl/N-ethyl adjacent to an activating group) is 1. The third-order valence-corrected chi connectivity index (χ3v) is 4.76. The van der Waals surface area contributed by atoms with Crippen molar-refractivity contribution < 1.29 is 9.59 Å². The van der Waals surface area contributed by atoms with Crippen LogP contribution in [-0.2, 0) is 11.2 Å². The molecule has 0 atom stereocenters. The van der Waals surface area contributed by atoms with Gasteiger partial charge in [0.1, 0.15) is 0 Å². The highest BCUT2D eigenvalue weighted by Gasteiger charge is 2.18. The van der Waals surface area contributed by atoms with Crippen molar-refractivity contribution in [3.63, 3.8) is 0 Å². The van der Waals surface area contributed by atoms with Gasteiger partial charge in [0.15, 0.2) is 0 Å². The zero-order valence-electron chi connectivity index (χ0n) is 14.0. The summed E-state index contributed by atoms with van der Waals surface area (Å²) in [7, 11) is 1.65. The minimum Gasteiger partial charge on any atom is -0.332 e. The van der Waals surface area contributed by atoms with Crippen LogP contribution in [0.25, 0.3) is 0 Å². The van der Waals surface area contributed by atoms with Crippen LogP contribution in [0, 0.1) is 13.8 Å². The topological polar surface area (TPSA) is 49.4 Å². The van der Waals surface area contributed by atoms with Crippen molar-refractivity contribution >= 4 is 28.8 Å². The molecule has 0 aliphatic rings. The third-order valence-electron chi connectivity index (χ3n) is 3.68. The van der Waals surface area contributed by atoms with Crippen molar-refractivity contribution in [1.29, 1.82) is 0 Å². The van der Waals surface area contributed by atoms with Crippen LogP contribution in [0.1, 0.15) is 32.6 Å². The summed E-state index contributed by atoms with van der Waals surface area (Å²) in [5.74, 6) is -0.314. The molecule has 0 saturated heterocycles. The van der Waals surface area contributed by atoms with E-state index >= 15 is 0 Å². The zero-order valence-corrected chi connectivity index (χ0v) is 14.8. The fraction of sp³-hybridized carbons (Fsp3) is 0.333. The minimum atomic E-state index is -0.200. The molecule has 0 spiro atoms. The second-order valence-corrected chi connectivity index (χ2v) is 6.88. The van der Waals surface area contributed by atoms with Gasteiger partial charge < -0.3 is 10.2 Å². The first-order chi connectivity index (χ1) is 10.9. The van der Waals surface area contributed by atoms with E-state index in [0.717, 1.165) is 22.5 Å². The van der Waals surface area contributed by atoms with Gasteiger partial charge in [-0.05, 0) is 44.0 Å². The number of amides is 2. The van der Waals surface area contributed by atoms with Crippen molar-refractivity contribution in [3.05, 3.63) is 51.2 Å². The van der Waals surface area contributed by atoms with Gasteiger partial charge in [0.2, 0.25) is 5.91 Å². The Morgan fingerprint density at radius 1 is 1.17 bits per heavy atom. The molecule has 5 heteroatoms. The molecule has 2 aromatic rings. The average Bonchev–Trinajstić information content (AvgIpc) is 2.89. The van der Waals surface area contributed by atoms with E-state index in [1.54, 1.807) is 7.05 Å². The second-order valence-electron chi connectivity index (χ2n) is 5.62. The standard InChI is InChI=1S/C18H22N2O2S/c1-5-14-10-16(23-13(14)3)18(22)20(4)11-17(21)19-15-8-6-12(2)7-9-15/h6-10H,5,11H2,1-4H3,(H,19,21). The number of aryl methyl sites for hydroxylation is 3. The van der Waals surface area contributed by atoms with Crippen LogP contribution in [-0.4, -0.2) is 30.3 Å². The van der Waals surface area contributed by atoms with Crippen LogP contribution in [0.2, 0.25) is 0 Å². The molecule has 0 aliphatic carbocycles. The molecular weight excluding hydrogens is 308 g/mol. The molecular formula is C18H22N2O2S. The lowest BCUT2D eigenvalue weighted by molar-refractivity contribution is -0.116. The van der Waals surface area contributed by atoms with Crippen molar-refractivity contribution in [2.75, 3.05) is 18.9 Å². The van der Waals surface area contributed by atoms with E-state index in [2.05, 4.69) is 12.2 Å². The molecule has 2 rings (SSSR count). The van der Waals surface area contributed by atoms with Gasteiger partial charge in [-0.2, -0.15) is 0 Å². The maximum atomic E-state index is 12.4. The summed E-state index contributed by atoms with van der Waals surface area (Å²) in [5.41, 5.74) is 3.06. The predicted octanol–water partition coefficient (Wildman–Crippen LogP) is 3.64. The third kappa shape index (κ3) is 4.42. The smallest absolute Gasteiger partial charge is 0.264 e. The Balaban J connectivity index is 1.97. The van der Waals surface area contributed by atoms with Gasteiger partial charge >= 0.3 is 0 Å². The number of benzene rings is 1. The van der Waals surface area contributed by atoms with Crippen LogP contribution in [0.3, 0.4) is 0 Å². The molecule has 2 amide bonds. The van der Waals surface area contributed by atoms with Gasteiger partial charge in [-0.1, -0.05) is 24.6 Å². The maximum absolute atomic E-state index is 12.4. The van der Waals surface area contributed by atoms with Gasteiger partial charge in [0.25, 0.3) is 5.91 Å². The van der Waals surface area contributed by atoms with E-state index in [1.807, 2.05) is 44.2 Å². The molecule has 1 N–H and O–H groups in total. The van der Waals surface area contributed by atoms with E-state index in [0.29, 0.717) is 4.88 Å². The Hall–Kier alpha value is -2.14. The first kappa shape index (κ1) is 17.2. The highest BCUT2D eigenvalue weighted by Crippen LogP contribution is 2.23. The van der Waals surface area contributed by atoms with Crippen molar-refractivity contribution in [2.24, 2.45) is 0 Å². The number of carbonyl (C=O) groups is 2. The van der Waals surface area contributed by atoms with Gasteiger partial charge in [0, 0.05) is 17.6 Å². The number of carbonyl (C=O) groups excluding carboxylic acids is 2. The van der Waals surface area contributed by atoms with Crippen molar-refractivity contribution in [1.82, 2.24) is 4.90 Å². The summed E-state index contributed by atoms with van der Waals surface area (Å²) >= 11 is 1.49. The molecule has 0 bridgehead atoms. The number of nitrogens with zero attached hydrogens (tertiary/aromatic N) is 1. The molecule has 0 saturated carbocycles. The largest absolute Gasteiger partial charge is 0.332 e. The number of hydrogen-bond donors (Lipinski definition) is 1. The lowest BCUT2D eigenvalue weighted by atomic mass is 10.2. The summed E-state index contributed by atoms with van der Waals surface area (Å²) in [4.78, 5) is 27.8. The van der Waals surface area contributed by atoms with E-state index < -0.39 is 0 Å². The van der Waals surface area contributed by atoms with Crippen LogP contribution in [0.5, 0.6) is 0 Å². The maximum Gasteiger partial charge on any atom is 0.264 e. The van der Waals surface area contributed by atoms with Gasteiger partial charge in [0.05, 0.1) is 11.4 Å². The first-order valence-electron chi connectivity index (χ1n) is 7.62. The summed E-state index contributed by atoms with van der Waals surface area (Å²) < 4.78 is 0. The number of rotatable bonds is 5. The first-order valence-corrected chi connectivity index (χ1v) is 8.43. The quantitative estimate of drug-likeness (QED) is 0.910. The fourth-order valence-corrected chi connectivity index (χ4v) is 3.40. The molecule has 0 fully saturated rings. The normalized spacial score (nSPS) is 10.4. The second kappa shape index (κ2) is 7.42. The van der Waals surface area contributed by atoms with Crippen molar-refractivity contribution in [3.8, 4) is 0 Å². The average molecular weight is 330 g/mol. The van der Waals surface area contributed by atoms with E-state index in [4.69, 9.17) is 0 Å². The monoisotopic (exact) mass is 330 g/mol. The van der Waals surface area contributed by atoms with Gasteiger partial charge in [-0.25, -0.2) is 0 Å². The zero-order chi connectivity index (χ0) is 17.0. The number of thiophene rings is 1. The molecule has 1 aromatic heterocycles. The number of anilines is 1. The Labute approximate surface area is 141 Å². The van der Waals surface area contributed by atoms with E-state index in [1.165, 1.54) is 21.8 Å². The Bertz CT molecular complexity index is 704. The Morgan fingerprint density at radius 2 is 1.83 bits per heavy atom. The summed E-state index contributed by atoms with van der Waals surface area (Å²) in [6, 6.07) is 9.50. The molecule has 23 heavy (non-hydrogen) atoms. The summed E-state index contributed by atoms with van der Waals surface area (Å²) in [5, 5.41) is 2.80. The molecule has 1 aromatic carbocycles. The minimum absolute atomic E-state index is 0.0329. The molecule has 0 aliphatic heterocycles. The Morgan fingerprint density at radius 3 is 2.39 bits per heavy atom. The van der Waals surface area contributed by atoms with Crippen molar-refractivity contribution in [2.45, 2.75) is 27.2 Å². The highest BCUT2D eigenvalue weighted by molar-refractivity contribution is 7.14. The predicted molar refractivity (Wildman–Crippen MR) is 95.2 cm³/mol. The van der Waals surface area contributed by atoms with Crippen LogP contribution in [0.15, 0.2) is 30.3 Å². The number of nitrogens with one attached hydrogen (secondary N) is 1. The SMILES string of the molecule is CCc1cc(C(=O)N(C)CC(=O)Nc2ccc(C)cc2)sc1C. The van der Waals surface area contributed by atoms with Crippen LogP contribution >= 0.6 is 11.3 Å². The molecule has 0 unspecified atom stereocenters. The summed E-state index contributed by atoms with van der Waals surface area (Å²) in [6.45, 7) is 6.11. The highest BCUT2D eigenvalue weighted by atomic mass is 32.1. The van der Waals surface area contributed by atoms with Crippen LogP contribution in [0.4, 0.5) is 5.69 Å². The fourth-order valence-electron chi connectivity index (χ4n) is 2.29. The van der Waals surface area contributed by atoms with E-state index in [9.17, 15) is 9.59 Å². The summed E-state index contributed by atoms with van der Waals surface area (Å²) in [6.07, 6.45) is 0.910. The number of hydrogen-bond acceptors (Lipinski definition) is 3. The molecule has 4 nitrogen and oxygen atoms in total. The lowest BCUT2D eigenvalue weighted by Crippen LogP contribution is -2.34. The van der Waals surface area contributed by atoms with Gasteiger partial charge in [-0.3, -0.25) is 9.59 Å². The Kier molecular flexibility index (Phi) is 5.55. The van der Waals surface area contributed by atoms with E-state index in [-0.39, 0.29) is 18.4 Å². The molecule has 1 heterocycles. The molecule has 0 radical (unpaired) electrons. The molecule has 122 valence electrons. The lowest BCUT2D eigenvalue weighted by Gasteiger charge is -2.16. The van der Waals surface area contributed by atoms with Crippen LogP contribution < -0.4 is 5.32 Å².